The standard InChI is InChI=1S/C23H14O2/c24-22-18-12-6-7-13-20(18)25-23-17-11-5-4-10-16(17)14-19(21(22)23)15-8-2-1-3-9-15/h1-14H. The van der Waals surface area contributed by atoms with Crippen molar-refractivity contribution in [3.8, 4) is 11.1 Å². The van der Waals surface area contributed by atoms with Crippen LogP contribution in [-0.2, 0) is 0 Å². The van der Waals surface area contributed by atoms with Gasteiger partial charge in [0.15, 0.2) is 0 Å². The van der Waals surface area contributed by atoms with E-state index in [1.165, 1.54) is 0 Å². The zero-order chi connectivity index (χ0) is 16.8. The third-order valence-electron chi connectivity index (χ3n) is 4.66. The molecular formula is C23H14O2. The molecule has 5 aromatic rings. The van der Waals surface area contributed by atoms with Gasteiger partial charge >= 0.3 is 0 Å². The third-order valence-corrected chi connectivity index (χ3v) is 4.66. The fourth-order valence-electron chi connectivity index (χ4n) is 3.48. The molecule has 0 aliphatic carbocycles. The van der Waals surface area contributed by atoms with Crippen molar-refractivity contribution in [2.75, 3.05) is 0 Å². The molecule has 2 nitrogen and oxygen atoms in total. The van der Waals surface area contributed by atoms with Crippen molar-refractivity contribution in [3.63, 3.8) is 0 Å². The summed E-state index contributed by atoms with van der Waals surface area (Å²) in [6.45, 7) is 0. The van der Waals surface area contributed by atoms with Gasteiger partial charge in [-0.15, -0.1) is 0 Å². The van der Waals surface area contributed by atoms with Gasteiger partial charge in [-0.25, -0.2) is 0 Å². The van der Waals surface area contributed by atoms with Gasteiger partial charge in [0, 0.05) is 5.39 Å². The molecule has 0 aliphatic rings. The summed E-state index contributed by atoms with van der Waals surface area (Å²) in [5.74, 6) is 0. The predicted molar refractivity (Wildman–Crippen MR) is 103 cm³/mol. The van der Waals surface area contributed by atoms with Crippen molar-refractivity contribution >= 4 is 32.7 Å². The number of hydrogen-bond donors (Lipinski definition) is 0. The maximum Gasteiger partial charge on any atom is 0.201 e. The van der Waals surface area contributed by atoms with Gasteiger partial charge in [0.25, 0.3) is 0 Å². The maximum absolute atomic E-state index is 13.3. The highest BCUT2D eigenvalue weighted by Crippen LogP contribution is 2.34. The van der Waals surface area contributed by atoms with E-state index in [2.05, 4.69) is 12.1 Å². The first-order valence-electron chi connectivity index (χ1n) is 8.26. The SMILES string of the molecule is O=c1c2ccccc2oc2c1c(-c1ccccc1)cc1ccccc12. The van der Waals surface area contributed by atoms with E-state index in [1.54, 1.807) is 0 Å². The molecule has 0 N–H and O–H groups in total. The monoisotopic (exact) mass is 322 g/mol. The molecule has 0 radical (unpaired) electrons. The van der Waals surface area contributed by atoms with Gasteiger partial charge < -0.3 is 4.42 Å². The van der Waals surface area contributed by atoms with E-state index in [-0.39, 0.29) is 5.43 Å². The number of fused-ring (bicyclic) bond motifs is 4. The summed E-state index contributed by atoms with van der Waals surface area (Å²) in [4.78, 5) is 13.3. The van der Waals surface area contributed by atoms with Crippen LogP contribution < -0.4 is 5.43 Å². The number of rotatable bonds is 1. The van der Waals surface area contributed by atoms with Crippen molar-refractivity contribution in [2.24, 2.45) is 0 Å². The molecule has 0 fully saturated rings. The minimum atomic E-state index is 0.0152. The molecule has 0 amide bonds. The molecule has 0 aliphatic heterocycles. The smallest absolute Gasteiger partial charge is 0.201 e. The second-order valence-corrected chi connectivity index (χ2v) is 6.14. The molecule has 2 heteroatoms. The van der Waals surface area contributed by atoms with Crippen molar-refractivity contribution in [1.82, 2.24) is 0 Å². The van der Waals surface area contributed by atoms with Gasteiger partial charge in [0.2, 0.25) is 5.43 Å². The summed E-state index contributed by atoms with van der Waals surface area (Å²) >= 11 is 0. The Morgan fingerprint density at radius 3 is 2.20 bits per heavy atom. The Morgan fingerprint density at radius 2 is 1.36 bits per heavy atom. The van der Waals surface area contributed by atoms with Gasteiger partial charge in [0.1, 0.15) is 11.2 Å². The van der Waals surface area contributed by atoms with E-state index in [0.717, 1.165) is 21.9 Å². The van der Waals surface area contributed by atoms with E-state index < -0.39 is 0 Å². The molecule has 25 heavy (non-hydrogen) atoms. The van der Waals surface area contributed by atoms with E-state index >= 15 is 0 Å². The van der Waals surface area contributed by atoms with E-state index in [1.807, 2.05) is 72.8 Å². The van der Waals surface area contributed by atoms with Crippen LogP contribution in [0.25, 0.3) is 43.8 Å². The molecule has 4 aromatic carbocycles. The van der Waals surface area contributed by atoms with Crippen molar-refractivity contribution in [1.29, 1.82) is 0 Å². The van der Waals surface area contributed by atoms with Crippen LogP contribution in [0, 0.1) is 0 Å². The lowest BCUT2D eigenvalue weighted by Crippen LogP contribution is -2.04. The van der Waals surface area contributed by atoms with Gasteiger partial charge in [-0.2, -0.15) is 0 Å². The summed E-state index contributed by atoms with van der Waals surface area (Å²) in [5.41, 5.74) is 3.21. The largest absolute Gasteiger partial charge is 0.455 e. The molecular weight excluding hydrogens is 308 g/mol. The molecule has 118 valence electrons. The Labute approximate surface area is 143 Å². The zero-order valence-electron chi connectivity index (χ0n) is 13.4. The molecule has 1 heterocycles. The fourth-order valence-corrected chi connectivity index (χ4v) is 3.48. The van der Waals surface area contributed by atoms with Crippen molar-refractivity contribution in [2.45, 2.75) is 0 Å². The second kappa shape index (κ2) is 5.32. The molecule has 0 unspecified atom stereocenters. The van der Waals surface area contributed by atoms with Crippen LogP contribution in [-0.4, -0.2) is 0 Å². The first kappa shape index (κ1) is 14.0. The van der Waals surface area contributed by atoms with E-state index in [9.17, 15) is 4.79 Å². The Balaban J connectivity index is 2.09. The van der Waals surface area contributed by atoms with Crippen LogP contribution in [0.1, 0.15) is 0 Å². The average Bonchev–Trinajstić information content (AvgIpc) is 2.68. The first-order valence-corrected chi connectivity index (χ1v) is 8.26. The topological polar surface area (TPSA) is 30.2 Å². The molecule has 0 saturated carbocycles. The zero-order valence-corrected chi connectivity index (χ0v) is 13.4. The van der Waals surface area contributed by atoms with Crippen molar-refractivity contribution < 1.29 is 4.42 Å². The molecule has 0 atom stereocenters. The third kappa shape index (κ3) is 2.08. The molecule has 0 bridgehead atoms. The van der Waals surface area contributed by atoms with Crippen LogP contribution in [0.2, 0.25) is 0 Å². The molecule has 1 aromatic heterocycles. The van der Waals surface area contributed by atoms with Crippen LogP contribution in [0.5, 0.6) is 0 Å². The minimum Gasteiger partial charge on any atom is -0.455 e. The summed E-state index contributed by atoms with van der Waals surface area (Å²) in [6.07, 6.45) is 0. The second-order valence-electron chi connectivity index (χ2n) is 6.14. The summed E-state index contributed by atoms with van der Waals surface area (Å²) < 4.78 is 6.20. The average molecular weight is 322 g/mol. The highest BCUT2D eigenvalue weighted by atomic mass is 16.3. The fraction of sp³-hybridized carbons (Fsp3) is 0. The van der Waals surface area contributed by atoms with Crippen molar-refractivity contribution in [3.05, 3.63) is 95.2 Å². The number of hydrogen-bond acceptors (Lipinski definition) is 2. The highest BCUT2D eigenvalue weighted by molar-refractivity contribution is 6.12. The summed E-state index contributed by atoms with van der Waals surface area (Å²) in [5, 5.41) is 3.28. The normalized spacial score (nSPS) is 11.4. The van der Waals surface area contributed by atoms with E-state index in [4.69, 9.17) is 4.42 Å². The van der Waals surface area contributed by atoms with Crippen LogP contribution in [0.4, 0.5) is 0 Å². The number of para-hydroxylation sites is 1. The lowest BCUT2D eigenvalue weighted by molar-refractivity contribution is 0.664. The summed E-state index contributed by atoms with van der Waals surface area (Å²) in [7, 11) is 0. The van der Waals surface area contributed by atoms with Crippen LogP contribution in [0.15, 0.2) is 94.1 Å². The highest BCUT2D eigenvalue weighted by Gasteiger charge is 2.15. The van der Waals surface area contributed by atoms with Crippen LogP contribution in [0.3, 0.4) is 0 Å². The van der Waals surface area contributed by atoms with Gasteiger partial charge in [-0.1, -0.05) is 66.7 Å². The minimum absolute atomic E-state index is 0.0152. The lowest BCUT2D eigenvalue weighted by Gasteiger charge is -2.11. The Morgan fingerprint density at radius 1 is 0.680 bits per heavy atom. The van der Waals surface area contributed by atoms with Gasteiger partial charge in [0.05, 0.1) is 10.8 Å². The van der Waals surface area contributed by atoms with Crippen LogP contribution >= 0.6 is 0 Å². The Kier molecular flexibility index (Phi) is 2.98. The first-order chi connectivity index (χ1) is 12.3. The Bertz CT molecular complexity index is 1300. The Hall–Kier alpha value is -3.39. The molecule has 0 spiro atoms. The summed E-state index contributed by atoms with van der Waals surface area (Å²) in [6, 6.07) is 27.5. The predicted octanol–water partition coefficient (Wildman–Crippen LogP) is 5.77. The van der Waals surface area contributed by atoms with Gasteiger partial charge in [-0.05, 0) is 34.7 Å². The van der Waals surface area contributed by atoms with E-state index in [0.29, 0.717) is 21.9 Å². The quantitative estimate of drug-likeness (QED) is 0.290. The number of benzene rings is 4. The van der Waals surface area contributed by atoms with Gasteiger partial charge in [-0.3, -0.25) is 4.79 Å². The molecule has 0 saturated heterocycles. The maximum atomic E-state index is 13.3. The lowest BCUT2D eigenvalue weighted by atomic mass is 9.95. The molecule has 5 rings (SSSR count).